The van der Waals surface area contributed by atoms with Crippen LogP contribution in [0.4, 0.5) is 17.3 Å². The van der Waals surface area contributed by atoms with Gasteiger partial charge < -0.3 is 38.2 Å². The number of hydrogen-bond acceptors (Lipinski definition) is 7. The first-order valence-corrected chi connectivity index (χ1v) is 11.8. The lowest BCUT2D eigenvalue weighted by molar-refractivity contribution is -0.887. The fraction of sp³-hybridized carbons (Fsp3) is 0.389. The van der Waals surface area contributed by atoms with Gasteiger partial charge in [0.2, 0.25) is 10.0 Å². The molecule has 0 saturated heterocycles. The van der Waals surface area contributed by atoms with Gasteiger partial charge in [-0.1, -0.05) is 23.2 Å². The van der Waals surface area contributed by atoms with Gasteiger partial charge in [-0.15, -0.1) is 0 Å². The van der Waals surface area contributed by atoms with Crippen molar-refractivity contribution < 1.29 is 34.7 Å². The summed E-state index contributed by atoms with van der Waals surface area (Å²) in [5, 5.41) is 3.14. The quantitative estimate of drug-likeness (QED) is 0.302. The van der Waals surface area contributed by atoms with Gasteiger partial charge in [0, 0.05) is 5.02 Å². The molecule has 1 heterocycles. The Labute approximate surface area is 208 Å². The van der Waals surface area contributed by atoms with Gasteiger partial charge >= 0.3 is 0 Å². The topological polar surface area (TPSA) is 144 Å². The Hall–Kier alpha value is -1.86. The van der Waals surface area contributed by atoms with Gasteiger partial charge in [-0.25, -0.2) is 18.4 Å². The van der Waals surface area contributed by atoms with E-state index in [1.807, 2.05) is 14.1 Å². The zero-order valence-electron chi connectivity index (χ0n) is 17.8. The monoisotopic (exact) mass is 569 g/mol. The normalized spacial score (nSPS) is 11.5. The molecule has 10 nitrogen and oxygen atoms in total. The molecule has 0 saturated carbocycles. The van der Waals surface area contributed by atoms with Crippen LogP contribution in [0.15, 0.2) is 24.3 Å². The van der Waals surface area contributed by atoms with Gasteiger partial charge in [0.05, 0.1) is 52.2 Å². The third kappa shape index (κ3) is 7.93. The Bertz CT molecular complexity index is 1050. The standard InChI is InChI=1S/C18H25Cl2N7O3S.BrH/c1-27(2,10-8-23-18(28)14-16(21)25-17(22)15(20)24-14)11-9-26(31(3,29)30)13-6-4-12(19)5-7-13;/h4-7H,8-11H2,1-3H3,(H4-,21,22,23,25,28);1H. The molecule has 178 valence electrons. The van der Waals surface area contributed by atoms with E-state index < -0.39 is 15.9 Å². The average molecular weight is 571 g/mol. The highest BCUT2D eigenvalue weighted by molar-refractivity contribution is 7.92. The highest BCUT2D eigenvalue weighted by Gasteiger charge is 2.23. The van der Waals surface area contributed by atoms with E-state index in [0.29, 0.717) is 34.8 Å². The number of carbonyl (C=O) groups excluding carboxylic acids is 1. The van der Waals surface area contributed by atoms with Crippen molar-refractivity contribution in [3.8, 4) is 0 Å². The molecular formula is C18H26BrCl2N7O3S. The molecule has 0 bridgehead atoms. The first-order valence-electron chi connectivity index (χ1n) is 9.22. The van der Waals surface area contributed by atoms with E-state index >= 15 is 0 Å². The van der Waals surface area contributed by atoms with Crippen molar-refractivity contribution in [3.63, 3.8) is 0 Å². The summed E-state index contributed by atoms with van der Waals surface area (Å²) in [7, 11) is 0.390. The van der Waals surface area contributed by atoms with E-state index in [4.69, 9.17) is 34.7 Å². The molecule has 0 radical (unpaired) electrons. The number of benzene rings is 1. The second kappa shape index (κ2) is 11.3. The third-order valence-corrected chi connectivity index (χ3v) is 6.27. The molecular weight excluding hydrogens is 545 g/mol. The number of rotatable bonds is 9. The van der Waals surface area contributed by atoms with E-state index in [0.717, 1.165) is 6.26 Å². The number of anilines is 3. The second-order valence-corrected chi connectivity index (χ2v) is 10.3. The zero-order valence-corrected chi connectivity index (χ0v) is 21.8. The number of amides is 1. The highest BCUT2D eigenvalue weighted by atomic mass is 79.9. The minimum absolute atomic E-state index is 0. The summed E-state index contributed by atoms with van der Waals surface area (Å²) >= 11 is 11.7. The van der Waals surface area contributed by atoms with Gasteiger partial charge in [-0.2, -0.15) is 0 Å². The zero-order chi connectivity index (χ0) is 23.4. The van der Waals surface area contributed by atoms with Crippen LogP contribution in [-0.4, -0.2) is 75.3 Å². The summed E-state index contributed by atoms with van der Waals surface area (Å²) in [6.07, 6.45) is 1.16. The van der Waals surface area contributed by atoms with Gasteiger partial charge in [0.25, 0.3) is 5.91 Å². The Morgan fingerprint density at radius 3 is 2.25 bits per heavy atom. The Balaban J connectivity index is 0.00000512. The molecule has 0 atom stereocenters. The summed E-state index contributed by atoms with van der Waals surface area (Å²) in [6, 6.07) is 6.60. The number of carbonyl (C=O) groups is 1. The molecule has 0 fully saturated rings. The fourth-order valence-electron chi connectivity index (χ4n) is 2.73. The summed E-state index contributed by atoms with van der Waals surface area (Å²) in [5.74, 6) is -0.685. The summed E-state index contributed by atoms with van der Waals surface area (Å²) in [4.78, 5) is 20.0. The summed E-state index contributed by atoms with van der Waals surface area (Å²) in [6.45, 7) is 1.59. The maximum absolute atomic E-state index is 12.3. The minimum Gasteiger partial charge on any atom is -1.00 e. The number of hydrogen-bond donors (Lipinski definition) is 3. The van der Waals surface area contributed by atoms with E-state index in [-0.39, 0.29) is 46.0 Å². The summed E-state index contributed by atoms with van der Waals surface area (Å²) < 4.78 is 26.3. The molecule has 5 N–H and O–H groups in total. The van der Waals surface area contributed by atoms with Crippen LogP contribution in [-0.2, 0) is 10.0 Å². The molecule has 2 rings (SSSR count). The van der Waals surface area contributed by atoms with E-state index in [2.05, 4.69) is 15.3 Å². The van der Waals surface area contributed by atoms with Crippen LogP contribution in [0, 0.1) is 0 Å². The van der Waals surface area contributed by atoms with Crippen LogP contribution in [0.1, 0.15) is 10.5 Å². The van der Waals surface area contributed by atoms with Crippen LogP contribution in [0.5, 0.6) is 0 Å². The average Bonchev–Trinajstić information content (AvgIpc) is 2.65. The van der Waals surface area contributed by atoms with E-state index in [9.17, 15) is 13.2 Å². The van der Waals surface area contributed by atoms with E-state index in [1.165, 1.54) is 4.31 Å². The van der Waals surface area contributed by atoms with Crippen LogP contribution < -0.4 is 38.1 Å². The summed E-state index contributed by atoms with van der Waals surface area (Å²) in [5.41, 5.74) is 11.6. The largest absolute Gasteiger partial charge is 1.00 e. The molecule has 0 unspecified atom stereocenters. The Morgan fingerprint density at radius 1 is 1.09 bits per heavy atom. The maximum Gasteiger partial charge on any atom is 0.273 e. The first kappa shape index (κ1) is 28.2. The molecule has 0 aliphatic carbocycles. The molecule has 1 amide bonds. The van der Waals surface area contributed by atoms with Gasteiger partial charge in [-0.3, -0.25) is 9.10 Å². The lowest BCUT2D eigenvalue weighted by Crippen LogP contribution is -3.00. The smallest absolute Gasteiger partial charge is 0.273 e. The predicted molar refractivity (Wildman–Crippen MR) is 124 cm³/mol. The Morgan fingerprint density at radius 2 is 1.69 bits per heavy atom. The van der Waals surface area contributed by atoms with Crippen molar-refractivity contribution in [2.75, 3.05) is 62.3 Å². The van der Waals surface area contributed by atoms with Gasteiger partial charge in [0.1, 0.15) is 0 Å². The molecule has 32 heavy (non-hydrogen) atoms. The van der Waals surface area contributed by atoms with Crippen LogP contribution >= 0.6 is 23.2 Å². The Kier molecular flexibility index (Phi) is 9.97. The van der Waals surface area contributed by atoms with Crippen LogP contribution in [0.3, 0.4) is 0 Å². The number of nitrogens with two attached hydrogens (primary N) is 2. The lowest BCUT2D eigenvalue weighted by Gasteiger charge is -2.32. The van der Waals surface area contributed by atoms with Crippen molar-refractivity contribution in [2.45, 2.75) is 0 Å². The molecule has 14 heteroatoms. The molecule has 0 spiro atoms. The SMILES string of the molecule is C[N+](C)(CCNC(=O)c1nc(Cl)c(N)nc1N)CCN(c1ccc(Cl)cc1)S(C)(=O)=O.[Br-]. The fourth-order valence-corrected chi connectivity index (χ4v) is 3.90. The van der Waals surface area contributed by atoms with Crippen LogP contribution in [0.2, 0.25) is 10.2 Å². The highest BCUT2D eigenvalue weighted by Crippen LogP contribution is 2.21. The molecule has 0 aliphatic rings. The van der Waals surface area contributed by atoms with Gasteiger partial charge in [-0.05, 0) is 24.3 Å². The van der Waals surface area contributed by atoms with Crippen molar-refractivity contribution in [3.05, 3.63) is 40.1 Å². The van der Waals surface area contributed by atoms with Gasteiger partial charge in [0.15, 0.2) is 22.5 Å². The van der Waals surface area contributed by atoms with Crippen molar-refractivity contribution >= 4 is 56.5 Å². The lowest BCUT2D eigenvalue weighted by atomic mass is 10.3. The number of halogens is 3. The number of nitrogens with zero attached hydrogens (tertiary/aromatic N) is 4. The molecule has 0 aliphatic heterocycles. The predicted octanol–water partition coefficient (Wildman–Crippen LogP) is -1.78. The second-order valence-electron chi connectivity index (χ2n) is 7.58. The molecule has 2 aromatic rings. The van der Waals surface area contributed by atoms with Crippen molar-refractivity contribution in [1.82, 2.24) is 15.3 Å². The molecule has 1 aromatic carbocycles. The number of quaternary nitrogens is 1. The number of aromatic nitrogens is 2. The number of sulfonamides is 1. The third-order valence-electron chi connectivity index (χ3n) is 4.55. The van der Waals surface area contributed by atoms with Crippen LogP contribution in [0.25, 0.3) is 0 Å². The maximum atomic E-state index is 12.3. The van der Waals surface area contributed by atoms with Crippen molar-refractivity contribution in [2.24, 2.45) is 0 Å². The first-order chi connectivity index (χ1) is 14.3. The van der Waals surface area contributed by atoms with Crippen molar-refractivity contribution in [1.29, 1.82) is 0 Å². The number of nitrogens with one attached hydrogen (secondary N) is 1. The number of likely N-dealkylation sites (N-methyl/N-ethyl adjacent to an activating group) is 1. The van der Waals surface area contributed by atoms with E-state index in [1.54, 1.807) is 24.3 Å². The molecule has 1 aromatic heterocycles. The number of nitrogen functional groups attached to an aromatic ring is 2. The minimum atomic E-state index is -3.48.